The Bertz CT molecular complexity index is 537. The van der Waals surface area contributed by atoms with E-state index >= 15 is 0 Å². The lowest BCUT2D eigenvalue weighted by Gasteiger charge is -2.29. The standard InChI is InChI=1S/C12H17BrO4S/c1-12(2,18(4,15)16)11(14)9-7-8(13)5-6-10(9)17-3/h5-7,11,14H,1-4H3. The van der Waals surface area contributed by atoms with Crippen molar-refractivity contribution in [2.24, 2.45) is 0 Å². The van der Waals surface area contributed by atoms with E-state index in [1.165, 1.54) is 21.0 Å². The van der Waals surface area contributed by atoms with Crippen molar-refractivity contribution < 1.29 is 18.3 Å². The fourth-order valence-electron chi connectivity index (χ4n) is 1.50. The second-order valence-corrected chi connectivity index (χ2v) is 8.18. The van der Waals surface area contributed by atoms with Gasteiger partial charge in [-0.05, 0) is 32.0 Å². The summed E-state index contributed by atoms with van der Waals surface area (Å²) >= 11 is 3.29. The van der Waals surface area contributed by atoms with Crippen LogP contribution >= 0.6 is 15.9 Å². The molecule has 0 amide bonds. The molecule has 1 aromatic rings. The summed E-state index contributed by atoms with van der Waals surface area (Å²) in [7, 11) is -1.93. The predicted molar refractivity (Wildman–Crippen MR) is 74.6 cm³/mol. The second-order valence-electron chi connectivity index (χ2n) is 4.66. The maximum atomic E-state index is 11.7. The summed E-state index contributed by atoms with van der Waals surface area (Å²) in [5.41, 5.74) is 0.447. The zero-order chi connectivity index (χ0) is 14.1. The van der Waals surface area contributed by atoms with Crippen molar-refractivity contribution >= 4 is 25.8 Å². The number of benzene rings is 1. The Morgan fingerprint density at radius 3 is 2.39 bits per heavy atom. The number of sulfone groups is 1. The molecule has 6 heteroatoms. The van der Waals surface area contributed by atoms with Gasteiger partial charge < -0.3 is 9.84 Å². The molecule has 0 bridgehead atoms. The van der Waals surface area contributed by atoms with E-state index in [-0.39, 0.29) is 0 Å². The minimum atomic E-state index is -3.41. The van der Waals surface area contributed by atoms with Gasteiger partial charge in [0.15, 0.2) is 9.84 Å². The summed E-state index contributed by atoms with van der Waals surface area (Å²) in [6, 6.07) is 5.11. The van der Waals surface area contributed by atoms with Gasteiger partial charge in [-0.2, -0.15) is 0 Å². The summed E-state index contributed by atoms with van der Waals surface area (Å²) in [6.45, 7) is 2.99. The molecule has 0 aliphatic heterocycles. The monoisotopic (exact) mass is 336 g/mol. The van der Waals surface area contributed by atoms with Gasteiger partial charge in [0.25, 0.3) is 0 Å². The van der Waals surface area contributed by atoms with E-state index in [1.54, 1.807) is 18.2 Å². The molecule has 102 valence electrons. The van der Waals surface area contributed by atoms with Gasteiger partial charge >= 0.3 is 0 Å². The lowest BCUT2D eigenvalue weighted by Crippen LogP contribution is -2.38. The molecule has 0 radical (unpaired) electrons. The molecule has 0 saturated heterocycles. The number of ether oxygens (including phenoxy) is 1. The third kappa shape index (κ3) is 2.87. The number of rotatable bonds is 4. The molecule has 4 nitrogen and oxygen atoms in total. The summed E-state index contributed by atoms with van der Waals surface area (Å²) in [5.74, 6) is 0.461. The zero-order valence-corrected chi connectivity index (χ0v) is 13.2. The van der Waals surface area contributed by atoms with Crippen LogP contribution in [0.2, 0.25) is 0 Å². The van der Waals surface area contributed by atoms with Crippen LogP contribution < -0.4 is 4.74 Å². The molecule has 0 aliphatic rings. The third-order valence-corrected chi connectivity index (χ3v) is 5.73. The van der Waals surface area contributed by atoms with Crippen LogP contribution in [0.5, 0.6) is 5.75 Å². The highest BCUT2D eigenvalue weighted by Gasteiger charge is 2.40. The number of aliphatic hydroxyl groups excluding tert-OH is 1. The van der Waals surface area contributed by atoms with Crippen LogP contribution in [0.3, 0.4) is 0 Å². The Morgan fingerprint density at radius 2 is 1.94 bits per heavy atom. The van der Waals surface area contributed by atoms with Crippen LogP contribution in [0, 0.1) is 0 Å². The van der Waals surface area contributed by atoms with Gasteiger partial charge in [-0.15, -0.1) is 0 Å². The normalized spacial score (nSPS) is 14.3. The molecule has 0 heterocycles. The lowest BCUT2D eigenvalue weighted by molar-refractivity contribution is 0.136. The Hall–Kier alpha value is -0.590. The van der Waals surface area contributed by atoms with E-state index in [2.05, 4.69) is 15.9 Å². The van der Waals surface area contributed by atoms with E-state index in [1.807, 2.05) is 0 Å². The van der Waals surface area contributed by atoms with E-state index < -0.39 is 20.7 Å². The molecular weight excluding hydrogens is 320 g/mol. The second kappa shape index (κ2) is 5.19. The lowest BCUT2D eigenvalue weighted by atomic mass is 9.97. The van der Waals surface area contributed by atoms with Gasteiger partial charge in [0.2, 0.25) is 0 Å². The molecule has 1 atom stereocenters. The Labute approximate surface area is 116 Å². The maximum absolute atomic E-state index is 11.7. The van der Waals surface area contributed by atoms with Crippen molar-refractivity contribution in [1.29, 1.82) is 0 Å². The van der Waals surface area contributed by atoms with Gasteiger partial charge in [0, 0.05) is 16.3 Å². The molecule has 0 fully saturated rings. The van der Waals surface area contributed by atoms with Crippen LogP contribution in [-0.2, 0) is 9.84 Å². The summed E-state index contributed by atoms with van der Waals surface area (Å²) in [4.78, 5) is 0. The Kier molecular flexibility index (Phi) is 4.46. The zero-order valence-electron chi connectivity index (χ0n) is 10.8. The van der Waals surface area contributed by atoms with Crippen LogP contribution in [0.1, 0.15) is 25.5 Å². The van der Waals surface area contributed by atoms with Gasteiger partial charge in [-0.1, -0.05) is 15.9 Å². The van der Waals surface area contributed by atoms with E-state index in [4.69, 9.17) is 4.74 Å². The largest absolute Gasteiger partial charge is 0.496 e. The van der Waals surface area contributed by atoms with Crippen molar-refractivity contribution in [1.82, 2.24) is 0 Å². The average molecular weight is 337 g/mol. The molecule has 0 aliphatic carbocycles. The predicted octanol–water partition coefficient (Wildman–Crippen LogP) is 2.31. The number of hydrogen-bond donors (Lipinski definition) is 1. The van der Waals surface area contributed by atoms with Crippen molar-refractivity contribution in [3.8, 4) is 5.75 Å². The first kappa shape index (κ1) is 15.5. The molecular formula is C12H17BrO4S. The molecule has 1 unspecified atom stereocenters. The molecule has 1 N–H and O–H groups in total. The summed E-state index contributed by atoms with van der Waals surface area (Å²) in [5, 5.41) is 10.3. The van der Waals surface area contributed by atoms with Crippen molar-refractivity contribution in [2.45, 2.75) is 24.7 Å². The van der Waals surface area contributed by atoms with Gasteiger partial charge in [0.05, 0.1) is 11.9 Å². The number of hydrogen-bond acceptors (Lipinski definition) is 4. The van der Waals surface area contributed by atoms with Gasteiger partial charge in [-0.25, -0.2) is 8.42 Å². The first-order valence-corrected chi connectivity index (χ1v) is 8.01. The van der Waals surface area contributed by atoms with Crippen LogP contribution in [0.4, 0.5) is 0 Å². The summed E-state index contributed by atoms with van der Waals surface area (Å²) in [6.07, 6.45) is -0.0549. The molecule has 0 saturated carbocycles. The van der Waals surface area contributed by atoms with Crippen LogP contribution in [0.25, 0.3) is 0 Å². The highest BCUT2D eigenvalue weighted by Crippen LogP contribution is 2.37. The minimum absolute atomic E-state index is 0.447. The van der Waals surface area contributed by atoms with Gasteiger partial charge in [0.1, 0.15) is 11.9 Å². The number of halogens is 1. The fourth-order valence-corrected chi connectivity index (χ4v) is 2.41. The Morgan fingerprint density at radius 1 is 1.39 bits per heavy atom. The molecule has 18 heavy (non-hydrogen) atoms. The van der Waals surface area contributed by atoms with Crippen molar-refractivity contribution in [3.05, 3.63) is 28.2 Å². The maximum Gasteiger partial charge on any atom is 0.155 e. The van der Waals surface area contributed by atoms with E-state index in [0.29, 0.717) is 11.3 Å². The van der Waals surface area contributed by atoms with Crippen molar-refractivity contribution in [3.63, 3.8) is 0 Å². The summed E-state index contributed by atoms with van der Waals surface area (Å²) < 4.78 is 28.1. The minimum Gasteiger partial charge on any atom is -0.496 e. The first-order valence-electron chi connectivity index (χ1n) is 5.32. The number of aliphatic hydroxyl groups is 1. The Balaban J connectivity index is 3.35. The topological polar surface area (TPSA) is 63.6 Å². The third-order valence-electron chi connectivity index (χ3n) is 3.10. The smallest absolute Gasteiger partial charge is 0.155 e. The first-order chi connectivity index (χ1) is 8.11. The highest BCUT2D eigenvalue weighted by atomic mass is 79.9. The van der Waals surface area contributed by atoms with Crippen molar-refractivity contribution in [2.75, 3.05) is 13.4 Å². The van der Waals surface area contributed by atoms with Gasteiger partial charge in [-0.3, -0.25) is 0 Å². The highest BCUT2D eigenvalue weighted by molar-refractivity contribution is 9.10. The van der Waals surface area contributed by atoms with Crippen LogP contribution in [0.15, 0.2) is 22.7 Å². The quantitative estimate of drug-likeness (QED) is 0.916. The molecule has 0 aromatic heterocycles. The van der Waals surface area contributed by atoms with E-state index in [0.717, 1.165) is 10.7 Å². The molecule has 0 spiro atoms. The van der Waals surface area contributed by atoms with E-state index in [9.17, 15) is 13.5 Å². The van der Waals surface area contributed by atoms with Crippen LogP contribution in [-0.4, -0.2) is 31.6 Å². The SMILES string of the molecule is COc1ccc(Br)cc1C(O)C(C)(C)S(C)(=O)=O. The molecule has 1 rings (SSSR count). The fraction of sp³-hybridized carbons (Fsp3) is 0.500. The average Bonchev–Trinajstić information content (AvgIpc) is 2.26. The number of methoxy groups -OCH3 is 1. The molecule has 1 aromatic carbocycles.